The summed E-state index contributed by atoms with van der Waals surface area (Å²) in [7, 11) is 1.73. The van der Waals surface area contributed by atoms with Gasteiger partial charge in [-0.2, -0.15) is 0 Å². The van der Waals surface area contributed by atoms with Crippen molar-refractivity contribution in [3.63, 3.8) is 0 Å². The SMILES string of the molecule is CNC(c1cc(C)c(F)cc1F)c1ccc(Cl)cc1Br. The second-order valence-corrected chi connectivity index (χ2v) is 5.80. The van der Waals surface area contributed by atoms with Gasteiger partial charge in [0, 0.05) is 21.1 Å². The fraction of sp³-hybridized carbons (Fsp3) is 0.200. The second kappa shape index (κ2) is 6.20. The van der Waals surface area contributed by atoms with Crippen LogP contribution in [0.1, 0.15) is 22.7 Å². The van der Waals surface area contributed by atoms with Crippen molar-refractivity contribution in [2.75, 3.05) is 7.05 Å². The molecule has 0 aromatic heterocycles. The number of halogens is 4. The molecule has 0 amide bonds. The van der Waals surface area contributed by atoms with E-state index in [9.17, 15) is 8.78 Å². The highest BCUT2D eigenvalue weighted by atomic mass is 79.9. The molecule has 0 fully saturated rings. The van der Waals surface area contributed by atoms with Gasteiger partial charge < -0.3 is 5.32 Å². The largest absolute Gasteiger partial charge is 0.309 e. The molecule has 0 aliphatic carbocycles. The lowest BCUT2D eigenvalue weighted by Gasteiger charge is -2.20. The molecule has 106 valence electrons. The van der Waals surface area contributed by atoms with Crippen LogP contribution in [0.2, 0.25) is 5.02 Å². The van der Waals surface area contributed by atoms with E-state index in [2.05, 4.69) is 21.2 Å². The van der Waals surface area contributed by atoms with Gasteiger partial charge in [-0.25, -0.2) is 8.78 Å². The number of hydrogen-bond acceptors (Lipinski definition) is 1. The van der Waals surface area contributed by atoms with Gasteiger partial charge in [-0.05, 0) is 43.3 Å². The molecule has 1 atom stereocenters. The standard InChI is InChI=1S/C15H13BrClF2N/c1-8-5-11(14(19)7-13(8)18)15(20-2)10-4-3-9(17)6-12(10)16/h3-7,15,20H,1-2H3. The molecule has 0 aliphatic heterocycles. The first-order valence-corrected chi connectivity index (χ1v) is 7.19. The number of aryl methyl sites for hydroxylation is 1. The Morgan fingerprint density at radius 3 is 2.40 bits per heavy atom. The van der Waals surface area contributed by atoms with Crippen molar-refractivity contribution < 1.29 is 8.78 Å². The topological polar surface area (TPSA) is 12.0 Å². The van der Waals surface area contributed by atoms with Gasteiger partial charge in [0.15, 0.2) is 0 Å². The van der Waals surface area contributed by atoms with E-state index in [1.807, 2.05) is 6.07 Å². The summed E-state index contributed by atoms with van der Waals surface area (Å²) in [5.74, 6) is -1.12. The molecule has 0 bridgehead atoms. The fourth-order valence-electron chi connectivity index (χ4n) is 2.11. The Balaban J connectivity index is 2.55. The molecule has 0 saturated heterocycles. The third-order valence-electron chi connectivity index (χ3n) is 3.15. The Labute approximate surface area is 130 Å². The lowest BCUT2D eigenvalue weighted by atomic mass is 9.96. The van der Waals surface area contributed by atoms with Gasteiger partial charge >= 0.3 is 0 Å². The maximum atomic E-state index is 14.0. The van der Waals surface area contributed by atoms with Crippen LogP contribution in [-0.2, 0) is 0 Å². The van der Waals surface area contributed by atoms with Gasteiger partial charge in [-0.15, -0.1) is 0 Å². The quantitative estimate of drug-likeness (QED) is 0.812. The molecule has 2 rings (SSSR count). The molecule has 0 spiro atoms. The third-order valence-corrected chi connectivity index (χ3v) is 4.07. The maximum absolute atomic E-state index is 14.0. The van der Waals surface area contributed by atoms with Crippen molar-refractivity contribution in [3.8, 4) is 0 Å². The van der Waals surface area contributed by atoms with Crippen LogP contribution < -0.4 is 5.32 Å². The van der Waals surface area contributed by atoms with Crippen LogP contribution in [0.5, 0.6) is 0 Å². The van der Waals surface area contributed by atoms with E-state index < -0.39 is 11.6 Å². The van der Waals surface area contributed by atoms with Gasteiger partial charge in [-0.3, -0.25) is 0 Å². The van der Waals surface area contributed by atoms with Crippen molar-refractivity contribution in [2.24, 2.45) is 0 Å². The number of rotatable bonds is 3. The minimum atomic E-state index is -0.575. The van der Waals surface area contributed by atoms with Crippen LogP contribution in [0.15, 0.2) is 34.8 Å². The number of hydrogen-bond donors (Lipinski definition) is 1. The highest BCUT2D eigenvalue weighted by Crippen LogP contribution is 2.32. The summed E-state index contributed by atoms with van der Waals surface area (Å²) in [5, 5.41) is 3.64. The van der Waals surface area contributed by atoms with Gasteiger partial charge in [0.1, 0.15) is 11.6 Å². The van der Waals surface area contributed by atoms with E-state index in [1.54, 1.807) is 26.1 Å². The molecular formula is C15H13BrClF2N. The highest BCUT2D eigenvalue weighted by Gasteiger charge is 2.20. The minimum absolute atomic E-state index is 0.388. The molecule has 5 heteroatoms. The van der Waals surface area contributed by atoms with Gasteiger partial charge in [0.25, 0.3) is 0 Å². The smallest absolute Gasteiger partial charge is 0.131 e. The minimum Gasteiger partial charge on any atom is -0.309 e. The molecule has 0 saturated carbocycles. The van der Waals surface area contributed by atoms with E-state index in [4.69, 9.17) is 11.6 Å². The molecule has 2 aromatic carbocycles. The molecular weight excluding hydrogens is 348 g/mol. The normalized spacial score (nSPS) is 12.5. The molecule has 0 radical (unpaired) electrons. The van der Waals surface area contributed by atoms with Crippen LogP contribution in [0.3, 0.4) is 0 Å². The van der Waals surface area contributed by atoms with Crippen LogP contribution in [-0.4, -0.2) is 7.05 Å². The van der Waals surface area contributed by atoms with Gasteiger partial charge in [0.2, 0.25) is 0 Å². The molecule has 2 aromatic rings. The predicted molar refractivity (Wildman–Crippen MR) is 81.1 cm³/mol. The van der Waals surface area contributed by atoms with Crippen molar-refractivity contribution in [3.05, 3.63) is 68.2 Å². The Hall–Kier alpha value is -0.970. The lowest BCUT2D eigenvalue weighted by Crippen LogP contribution is -2.20. The van der Waals surface area contributed by atoms with E-state index in [0.29, 0.717) is 16.1 Å². The fourth-order valence-corrected chi connectivity index (χ4v) is 3.03. The van der Waals surface area contributed by atoms with Crippen molar-refractivity contribution in [1.29, 1.82) is 0 Å². The summed E-state index contributed by atoms with van der Waals surface area (Å²) in [6.07, 6.45) is 0. The van der Waals surface area contributed by atoms with E-state index >= 15 is 0 Å². The first-order valence-electron chi connectivity index (χ1n) is 6.01. The lowest BCUT2D eigenvalue weighted by molar-refractivity contribution is 0.547. The van der Waals surface area contributed by atoms with E-state index in [-0.39, 0.29) is 6.04 Å². The zero-order valence-electron chi connectivity index (χ0n) is 11.0. The van der Waals surface area contributed by atoms with Crippen molar-refractivity contribution in [1.82, 2.24) is 5.32 Å². The van der Waals surface area contributed by atoms with Crippen molar-refractivity contribution >= 4 is 27.5 Å². The van der Waals surface area contributed by atoms with Crippen LogP contribution >= 0.6 is 27.5 Å². The summed E-state index contributed by atoms with van der Waals surface area (Å²) in [4.78, 5) is 0. The number of nitrogens with one attached hydrogen (secondary N) is 1. The van der Waals surface area contributed by atoms with E-state index in [0.717, 1.165) is 16.1 Å². The Morgan fingerprint density at radius 1 is 1.10 bits per heavy atom. The average molecular weight is 361 g/mol. The van der Waals surface area contributed by atoms with Crippen LogP contribution in [0.25, 0.3) is 0 Å². The molecule has 20 heavy (non-hydrogen) atoms. The summed E-state index contributed by atoms with van der Waals surface area (Å²) in [5.41, 5.74) is 1.64. The second-order valence-electron chi connectivity index (χ2n) is 4.51. The van der Waals surface area contributed by atoms with Crippen molar-refractivity contribution in [2.45, 2.75) is 13.0 Å². The van der Waals surface area contributed by atoms with Gasteiger partial charge in [-0.1, -0.05) is 33.6 Å². The predicted octanol–water partition coefficient (Wildman–Crippen LogP) is 5.00. The Kier molecular flexibility index (Phi) is 4.78. The Bertz CT molecular complexity index is 646. The zero-order valence-corrected chi connectivity index (χ0v) is 13.3. The molecule has 0 heterocycles. The first-order chi connectivity index (χ1) is 9.43. The van der Waals surface area contributed by atoms with Gasteiger partial charge in [0.05, 0.1) is 6.04 Å². The summed E-state index contributed by atoms with van der Waals surface area (Å²) >= 11 is 9.34. The summed E-state index contributed by atoms with van der Waals surface area (Å²) in [6, 6.07) is 7.34. The number of benzene rings is 2. The summed E-state index contributed by atoms with van der Waals surface area (Å²) in [6.45, 7) is 1.61. The Morgan fingerprint density at radius 2 is 1.80 bits per heavy atom. The third kappa shape index (κ3) is 3.03. The molecule has 0 aliphatic rings. The van der Waals surface area contributed by atoms with Crippen LogP contribution in [0.4, 0.5) is 8.78 Å². The maximum Gasteiger partial charge on any atom is 0.131 e. The highest BCUT2D eigenvalue weighted by molar-refractivity contribution is 9.10. The molecule has 1 N–H and O–H groups in total. The first kappa shape index (κ1) is 15.4. The van der Waals surface area contributed by atoms with E-state index in [1.165, 1.54) is 6.07 Å². The zero-order chi connectivity index (χ0) is 14.9. The monoisotopic (exact) mass is 359 g/mol. The molecule has 1 nitrogen and oxygen atoms in total. The summed E-state index contributed by atoms with van der Waals surface area (Å²) < 4.78 is 28.2. The average Bonchev–Trinajstić information content (AvgIpc) is 2.38. The van der Waals surface area contributed by atoms with Crippen LogP contribution in [0, 0.1) is 18.6 Å². The molecule has 1 unspecified atom stereocenters.